The first-order valence-corrected chi connectivity index (χ1v) is 6.56. The van der Waals surface area contributed by atoms with Crippen molar-refractivity contribution in [3.05, 3.63) is 12.2 Å². The van der Waals surface area contributed by atoms with Gasteiger partial charge in [-0.1, -0.05) is 59.0 Å². The van der Waals surface area contributed by atoms with E-state index in [1.165, 1.54) is 50.5 Å². The van der Waals surface area contributed by atoms with E-state index < -0.39 is 0 Å². The van der Waals surface area contributed by atoms with Crippen LogP contribution < -0.4 is 0 Å². The van der Waals surface area contributed by atoms with E-state index in [1.807, 2.05) is 0 Å². The zero-order valence-corrected chi connectivity index (χ0v) is 10.4. The van der Waals surface area contributed by atoms with Crippen LogP contribution in [0.4, 0.5) is 0 Å². The number of ether oxygens (including phenoxy) is 1. The Morgan fingerprint density at radius 3 is 2.47 bits per heavy atom. The fourth-order valence-corrected chi connectivity index (χ4v) is 2.17. The van der Waals surface area contributed by atoms with Gasteiger partial charge in [0, 0.05) is 5.92 Å². The lowest BCUT2D eigenvalue weighted by atomic mass is 9.97. The molecule has 0 N–H and O–H groups in total. The summed E-state index contributed by atoms with van der Waals surface area (Å²) in [5.41, 5.74) is 1.32. The first-order valence-electron chi connectivity index (χ1n) is 6.56. The fourth-order valence-electron chi connectivity index (χ4n) is 2.17. The van der Waals surface area contributed by atoms with Gasteiger partial charge in [-0.15, -0.1) is 0 Å². The van der Waals surface area contributed by atoms with Crippen molar-refractivity contribution in [2.24, 2.45) is 5.92 Å². The largest absolute Gasteiger partial charge is 0.373 e. The van der Waals surface area contributed by atoms with Crippen LogP contribution in [0.25, 0.3) is 0 Å². The van der Waals surface area contributed by atoms with Crippen molar-refractivity contribution in [2.75, 3.05) is 6.61 Å². The molecule has 1 fully saturated rings. The van der Waals surface area contributed by atoms with Crippen LogP contribution in [0, 0.1) is 5.92 Å². The molecule has 0 aromatic rings. The van der Waals surface area contributed by atoms with Crippen LogP contribution in [0.15, 0.2) is 12.2 Å². The van der Waals surface area contributed by atoms with Crippen molar-refractivity contribution < 1.29 is 4.74 Å². The molecule has 1 heteroatoms. The van der Waals surface area contributed by atoms with Crippen molar-refractivity contribution in [1.82, 2.24) is 0 Å². The Labute approximate surface area is 94.9 Å². The molecule has 0 aromatic heterocycles. The number of hydrogen-bond acceptors (Lipinski definition) is 1. The molecule has 2 atom stereocenters. The molecule has 1 nitrogen and oxygen atoms in total. The average Bonchev–Trinajstić information content (AvgIpc) is 2.54. The number of unbranched alkanes of at least 4 members (excludes halogenated alkanes) is 5. The summed E-state index contributed by atoms with van der Waals surface area (Å²) in [5.74, 6) is 0.579. The Hall–Kier alpha value is -0.300. The molecule has 0 amide bonds. The third kappa shape index (κ3) is 4.38. The molecule has 0 aromatic carbocycles. The second-order valence-electron chi connectivity index (χ2n) is 4.85. The summed E-state index contributed by atoms with van der Waals surface area (Å²) in [4.78, 5) is 0. The molecule has 1 saturated heterocycles. The Morgan fingerprint density at radius 2 is 1.87 bits per heavy atom. The molecular formula is C14H26O. The van der Waals surface area contributed by atoms with E-state index in [2.05, 4.69) is 20.4 Å². The predicted molar refractivity (Wildman–Crippen MR) is 66.0 cm³/mol. The maximum atomic E-state index is 5.71. The van der Waals surface area contributed by atoms with Gasteiger partial charge in [0.05, 0.1) is 12.7 Å². The van der Waals surface area contributed by atoms with Gasteiger partial charge in [0.1, 0.15) is 0 Å². The predicted octanol–water partition coefficient (Wildman–Crippen LogP) is 4.33. The summed E-state index contributed by atoms with van der Waals surface area (Å²) in [6.07, 6.45) is 9.74. The normalized spacial score (nSPS) is 26.1. The quantitative estimate of drug-likeness (QED) is 0.449. The summed E-state index contributed by atoms with van der Waals surface area (Å²) >= 11 is 0. The van der Waals surface area contributed by atoms with Gasteiger partial charge in [-0.05, 0) is 12.0 Å². The molecule has 0 aliphatic carbocycles. The topological polar surface area (TPSA) is 9.23 Å². The van der Waals surface area contributed by atoms with E-state index in [4.69, 9.17) is 4.74 Å². The molecule has 0 saturated carbocycles. The minimum absolute atomic E-state index is 0.367. The third-order valence-electron chi connectivity index (χ3n) is 3.41. The highest BCUT2D eigenvalue weighted by Gasteiger charge is 2.25. The van der Waals surface area contributed by atoms with Gasteiger partial charge in [0.15, 0.2) is 0 Å². The molecule has 15 heavy (non-hydrogen) atoms. The van der Waals surface area contributed by atoms with Crippen molar-refractivity contribution in [3.8, 4) is 0 Å². The Morgan fingerprint density at radius 1 is 1.20 bits per heavy atom. The van der Waals surface area contributed by atoms with E-state index >= 15 is 0 Å². The van der Waals surface area contributed by atoms with Crippen molar-refractivity contribution >= 4 is 0 Å². The monoisotopic (exact) mass is 210 g/mol. The van der Waals surface area contributed by atoms with E-state index in [9.17, 15) is 0 Å². The zero-order chi connectivity index (χ0) is 11.1. The maximum absolute atomic E-state index is 5.71. The molecule has 1 aliphatic rings. The van der Waals surface area contributed by atoms with Crippen molar-refractivity contribution in [1.29, 1.82) is 0 Å². The second kappa shape index (κ2) is 7.05. The van der Waals surface area contributed by atoms with Crippen LogP contribution in [0.1, 0.15) is 58.8 Å². The van der Waals surface area contributed by atoms with Crippen LogP contribution in [0.2, 0.25) is 0 Å². The smallest absolute Gasteiger partial charge is 0.0786 e. The molecule has 88 valence electrons. The highest BCUT2D eigenvalue weighted by Crippen LogP contribution is 2.27. The maximum Gasteiger partial charge on any atom is 0.0786 e. The van der Waals surface area contributed by atoms with E-state index in [0.717, 1.165) is 6.61 Å². The van der Waals surface area contributed by atoms with Crippen LogP contribution in [-0.4, -0.2) is 12.7 Å². The van der Waals surface area contributed by atoms with E-state index in [1.54, 1.807) is 0 Å². The Bertz CT molecular complexity index is 186. The minimum Gasteiger partial charge on any atom is -0.373 e. The lowest BCUT2D eigenvalue weighted by Crippen LogP contribution is -2.07. The Balaban J connectivity index is 1.98. The van der Waals surface area contributed by atoms with E-state index in [-0.39, 0.29) is 0 Å². The van der Waals surface area contributed by atoms with E-state index in [0.29, 0.717) is 12.0 Å². The fraction of sp³-hybridized carbons (Fsp3) is 0.857. The summed E-state index contributed by atoms with van der Waals surface area (Å²) in [5, 5.41) is 0. The molecule has 0 radical (unpaired) electrons. The highest BCUT2D eigenvalue weighted by molar-refractivity contribution is 5.10. The standard InChI is InChI=1S/C14H26O/c1-4-5-6-7-8-9-10-14-13(3)12(2)11-15-14/h12,14H,3-11H2,1-2H3/t12-,14+/m0/s1. The van der Waals surface area contributed by atoms with Gasteiger partial charge in [0.25, 0.3) is 0 Å². The molecule has 1 rings (SSSR count). The number of rotatable bonds is 7. The van der Waals surface area contributed by atoms with Crippen LogP contribution in [0.5, 0.6) is 0 Å². The molecule has 0 bridgehead atoms. The molecular weight excluding hydrogens is 184 g/mol. The zero-order valence-electron chi connectivity index (χ0n) is 10.4. The summed E-state index contributed by atoms with van der Waals surface area (Å²) in [6, 6.07) is 0. The molecule has 0 spiro atoms. The minimum atomic E-state index is 0.367. The summed E-state index contributed by atoms with van der Waals surface area (Å²) in [6.45, 7) is 9.48. The second-order valence-corrected chi connectivity index (χ2v) is 4.85. The van der Waals surface area contributed by atoms with Crippen LogP contribution >= 0.6 is 0 Å². The first-order chi connectivity index (χ1) is 7.25. The van der Waals surface area contributed by atoms with Gasteiger partial charge in [-0.3, -0.25) is 0 Å². The first kappa shape index (κ1) is 12.8. The van der Waals surface area contributed by atoms with Gasteiger partial charge < -0.3 is 4.74 Å². The lowest BCUT2D eigenvalue weighted by Gasteiger charge is -2.11. The van der Waals surface area contributed by atoms with Gasteiger partial charge in [-0.2, -0.15) is 0 Å². The van der Waals surface area contributed by atoms with Crippen molar-refractivity contribution in [2.45, 2.75) is 64.9 Å². The third-order valence-corrected chi connectivity index (χ3v) is 3.41. The molecule has 1 aliphatic heterocycles. The lowest BCUT2D eigenvalue weighted by molar-refractivity contribution is 0.109. The SMILES string of the molecule is C=C1[C@@H](C)CO[C@@H]1CCCCCCCC. The number of hydrogen-bond donors (Lipinski definition) is 0. The average molecular weight is 210 g/mol. The van der Waals surface area contributed by atoms with Crippen molar-refractivity contribution in [3.63, 3.8) is 0 Å². The summed E-state index contributed by atoms with van der Waals surface area (Å²) < 4.78 is 5.71. The van der Waals surface area contributed by atoms with Gasteiger partial charge in [-0.25, -0.2) is 0 Å². The van der Waals surface area contributed by atoms with Crippen LogP contribution in [0.3, 0.4) is 0 Å². The van der Waals surface area contributed by atoms with Gasteiger partial charge >= 0.3 is 0 Å². The molecule has 0 unspecified atom stereocenters. The highest BCUT2D eigenvalue weighted by atomic mass is 16.5. The molecule has 1 heterocycles. The van der Waals surface area contributed by atoms with Gasteiger partial charge in [0.2, 0.25) is 0 Å². The Kier molecular flexibility index (Phi) is 6.00. The summed E-state index contributed by atoms with van der Waals surface area (Å²) in [7, 11) is 0. The van der Waals surface area contributed by atoms with Crippen LogP contribution in [-0.2, 0) is 4.74 Å².